The van der Waals surface area contributed by atoms with Crippen molar-refractivity contribution in [1.82, 2.24) is 5.32 Å². The van der Waals surface area contributed by atoms with Crippen LogP contribution in [0.5, 0.6) is 0 Å². The first-order valence-electron chi connectivity index (χ1n) is 9.08. The second-order valence-electron chi connectivity index (χ2n) is 8.56. The van der Waals surface area contributed by atoms with Crippen molar-refractivity contribution in [2.24, 2.45) is 29.1 Å². The first-order chi connectivity index (χ1) is 10.5. The molecular formula is C18H27NO3. The lowest BCUT2D eigenvalue weighted by molar-refractivity contribution is -0.147. The number of carboxylic acids is 1. The van der Waals surface area contributed by atoms with Crippen LogP contribution >= 0.6 is 0 Å². The molecule has 4 nitrogen and oxygen atoms in total. The zero-order valence-electron chi connectivity index (χ0n) is 13.2. The average molecular weight is 305 g/mol. The lowest BCUT2D eigenvalue weighted by Crippen LogP contribution is -2.55. The molecule has 5 aliphatic rings. The number of hydrogen-bond acceptors (Lipinski definition) is 2. The summed E-state index contributed by atoms with van der Waals surface area (Å²) in [5.74, 6) is 1.79. The molecular weight excluding hydrogens is 278 g/mol. The largest absolute Gasteiger partial charge is 0.481 e. The maximum absolute atomic E-state index is 13.0. The fraction of sp³-hybridized carbons (Fsp3) is 0.889. The van der Waals surface area contributed by atoms with Gasteiger partial charge in [-0.25, -0.2) is 0 Å². The van der Waals surface area contributed by atoms with E-state index in [1.54, 1.807) is 0 Å². The Morgan fingerprint density at radius 3 is 1.82 bits per heavy atom. The smallest absolute Gasteiger partial charge is 0.306 e. The van der Waals surface area contributed by atoms with E-state index in [1.807, 2.05) is 0 Å². The summed E-state index contributed by atoms with van der Waals surface area (Å²) in [6, 6.07) is 0.205. The van der Waals surface area contributed by atoms with Crippen LogP contribution in [0.25, 0.3) is 0 Å². The normalized spacial score (nSPS) is 46.5. The van der Waals surface area contributed by atoms with Crippen LogP contribution in [0.4, 0.5) is 0 Å². The van der Waals surface area contributed by atoms with E-state index in [0.29, 0.717) is 18.7 Å². The average Bonchev–Trinajstić information content (AvgIpc) is 2.46. The SMILES string of the molecule is O=C(O)C1CCC(NC(=O)C23CC4CC(CC(C4)C2)C3)CC1. The molecule has 22 heavy (non-hydrogen) atoms. The van der Waals surface area contributed by atoms with E-state index in [0.717, 1.165) is 49.9 Å². The summed E-state index contributed by atoms with van der Waals surface area (Å²) < 4.78 is 0. The summed E-state index contributed by atoms with van der Waals surface area (Å²) in [6.45, 7) is 0. The van der Waals surface area contributed by atoms with Gasteiger partial charge in [-0.3, -0.25) is 9.59 Å². The van der Waals surface area contributed by atoms with Gasteiger partial charge in [-0.05, 0) is 82.0 Å². The first kappa shape index (κ1) is 14.5. The van der Waals surface area contributed by atoms with Crippen LogP contribution in [-0.2, 0) is 9.59 Å². The Hall–Kier alpha value is -1.06. The van der Waals surface area contributed by atoms with Crippen LogP contribution in [0, 0.1) is 29.1 Å². The van der Waals surface area contributed by atoms with Crippen molar-refractivity contribution in [3.8, 4) is 0 Å². The van der Waals surface area contributed by atoms with Gasteiger partial charge in [0.1, 0.15) is 0 Å². The molecule has 5 fully saturated rings. The van der Waals surface area contributed by atoms with E-state index < -0.39 is 5.97 Å². The van der Waals surface area contributed by atoms with Gasteiger partial charge in [0.15, 0.2) is 0 Å². The molecule has 0 heterocycles. The van der Waals surface area contributed by atoms with E-state index in [1.165, 1.54) is 19.3 Å². The van der Waals surface area contributed by atoms with E-state index in [2.05, 4.69) is 5.32 Å². The third kappa shape index (κ3) is 2.44. The Morgan fingerprint density at radius 1 is 0.864 bits per heavy atom. The van der Waals surface area contributed by atoms with Crippen LogP contribution in [-0.4, -0.2) is 23.0 Å². The fourth-order valence-electron chi connectivity index (χ4n) is 6.21. The fourth-order valence-corrected chi connectivity index (χ4v) is 6.21. The van der Waals surface area contributed by atoms with Crippen LogP contribution in [0.3, 0.4) is 0 Å². The van der Waals surface area contributed by atoms with E-state index in [-0.39, 0.29) is 17.4 Å². The molecule has 0 aliphatic heterocycles. The standard InChI is InChI=1S/C18H27NO3/c20-16(21)14-1-3-15(4-2-14)19-17(22)18-8-11-5-12(9-18)7-13(6-11)10-18/h11-15H,1-10H2,(H,19,22)(H,20,21). The molecule has 0 saturated heterocycles. The minimum Gasteiger partial charge on any atom is -0.481 e. The third-order valence-electron chi connectivity index (χ3n) is 6.93. The van der Waals surface area contributed by atoms with Crippen LogP contribution < -0.4 is 5.32 Å². The maximum Gasteiger partial charge on any atom is 0.306 e. The highest BCUT2D eigenvalue weighted by atomic mass is 16.4. The van der Waals surface area contributed by atoms with E-state index in [9.17, 15) is 9.59 Å². The predicted molar refractivity (Wildman–Crippen MR) is 82.1 cm³/mol. The number of carboxylic acid groups (broad SMARTS) is 1. The van der Waals surface area contributed by atoms with Crippen molar-refractivity contribution in [3.63, 3.8) is 0 Å². The van der Waals surface area contributed by atoms with Crippen LogP contribution in [0.1, 0.15) is 64.2 Å². The molecule has 0 aromatic rings. The minimum absolute atomic E-state index is 0.0710. The topological polar surface area (TPSA) is 66.4 Å². The summed E-state index contributed by atoms with van der Waals surface area (Å²) in [5.41, 5.74) is -0.0710. The number of carbonyl (C=O) groups excluding carboxylic acids is 1. The molecule has 0 spiro atoms. The second kappa shape index (κ2) is 5.24. The molecule has 5 rings (SSSR count). The number of rotatable bonds is 3. The molecule has 5 aliphatic carbocycles. The number of amides is 1. The summed E-state index contributed by atoms with van der Waals surface area (Å²) >= 11 is 0. The molecule has 5 saturated carbocycles. The molecule has 122 valence electrons. The molecule has 0 atom stereocenters. The molecule has 1 amide bonds. The quantitative estimate of drug-likeness (QED) is 0.842. The summed E-state index contributed by atoms with van der Waals surface area (Å²) in [7, 11) is 0. The van der Waals surface area contributed by atoms with Crippen molar-refractivity contribution in [2.75, 3.05) is 0 Å². The predicted octanol–water partition coefficient (Wildman–Crippen LogP) is 2.96. The molecule has 0 unspecified atom stereocenters. The van der Waals surface area contributed by atoms with E-state index >= 15 is 0 Å². The lowest BCUT2D eigenvalue weighted by atomic mass is 9.49. The molecule has 0 aromatic carbocycles. The van der Waals surface area contributed by atoms with Gasteiger partial charge in [-0.2, -0.15) is 0 Å². The first-order valence-corrected chi connectivity index (χ1v) is 9.08. The van der Waals surface area contributed by atoms with Gasteiger partial charge in [0.25, 0.3) is 0 Å². The third-order valence-corrected chi connectivity index (χ3v) is 6.93. The number of hydrogen-bond donors (Lipinski definition) is 2. The van der Waals surface area contributed by atoms with Gasteiger partial charge >= 0.3 is 5.97 Å². The monoisotopic (exact) mass is 305 g/mol. The van der Waals surface area contributed by atoms with Gasteiger partial charge in [0.2, 0.25) is 5.91 Å². The molecule has 0 aromatic heterocycles. The zero-order valence-corrected chi connectivity index (χ0v) is 13.2. The molecule has 4 bridgehead atoms. The van der Waals surface area contributed by atoms with Gasteiger partial charge in [0.05, 0.1) is 5.92 Å². The van der Waals surface area contributed by atoms with Crippen molar-refractivity contribution < 1.29 is 14.7 Å². The highest BCUT2D eigenvalue weighted by molar-refractivity contribution is 5.83. The Bertz CT molecular complexity index is 443. The second-order valence-corrected chi connectivity index (χ2v) is 8.56. The Kier molecular flexibility index (Phi) is 3.46. The number of nitrogens with one attached hydrogen (secondary N) is 1. The van der Waals surface area contributed by atoms with Gasteiger partial charge < -0.3 is 10.4 Å². The molecule has 4 heteroatoms. The Balaban J connectivity index is 1.38. The van der Waals surface area contributed by atoms with E-state index in [4.69, 9.17) is 5.11 Å². The summed E-state index contributed by atoms with van der Waals surface area (Å²) in [6.07, 6.45) is 10.5. The van der Waals surface area contributed by atoms with Gasteiger partial charge in [0, 0.05) is 11.5 Å². The lowest BCUT2D eigenvalue weighted by Gasteiger charge is -2.56. The van der Waals surface area contributed by atoms with Crippen molar-refractivity contribution in [2.45, 2.75) is 70.3 Å². The molecule has 2 N–H and O–H groups in total. The highest BCUT2D eigenvalue weighted by Gasteiger charge is 2.54. The highest BCUT2D eigenvalue weighted by Crippen LogP contribution is 2.60. The Morgan fingerprint density at radius 2 is 1.36 bits per heavy atom. The minimum atomic E-state index is -0.675. The summed E-state index contributed by atoms with van der Waals surface area (Å²) in [5, 5.41) is 12.4. The van der Waals surface area contributed by atoms with Crippen molar-refractivity contribution >= 4 is 11.9 Å². The Labute approximate surface area is 132 Å². The molecule has 0 radical (unpaired) electrons. The van der Waals surface area contributed by atoms with Crippen molar-refractivity contribution in [1.29, 1.82) is 0 Å². The summed E-state index contributed by atoms with van der Waals surface area (Å²) in [4.78, 5) is 24.0. The van der Waals surface area contributed by atoms with Crippen LogP contribution in [0.2, 0.25) is 0 Å². The van der Waals surface area contributed by atoms with Crippen LogP contribution in [0.15, 0.2) is 0 Å². The maximum atomic E-state index is 13.0. The zero-order chi connectivity index (χ0) is 15.3. The van der Waals surface area contributed by atoms with Gasteiger partial charge in [-0.1, -0.05) is 0 Å². The number of aliphatic carboxylic acids is 1. The van der Waals surface area contributed by atoms with Crippen molar-refractivity contribution in [3.05, 3.63) is 0 Å². The van der Waals surface area contributed by atoms with Gasteiger partial charge in [-0.15, -0.1) is 0 Å². The number of carbonyl (C=O) groups is 2.